The Bertz CT molecular complexity index is 839. The lowest BCUT2D eigenvalue weighted by molar-refractivity contribution is 0.646. The topological polar surface area (TPSA) is 12.4 Å². The molecule has 0 bridgehead atoms. The van der Waals surface area contributed by atoms with Crippen molar-refractivity contribution in [3.8, 4) is 0 Å². The molecule has 0 spiro atoms. The molecule has 2 heteroatoms. The van der Waals surface area contributed by atoms with E-state index >= 15 is 0 Å². The van der Waals surface area contributed by atoms with Gasteiger partial charge in [0.05, 0.1) is 5.71 Å². The molecular weight excluding hydrogens is 350 g/mol. The summed E-state index contributed by atoms with van der Waals surface area (Å²) in [6, 6.07) is 14.7. The summed E-state index contributed by atoms with van der Waals surface area (Å²) in [4.78, 5) is 4.62. The van der Waals surface area contributed by atoms with E-state index in [4.69, 9.17) is 11.6 Å². The van der Waals surface area contributed by atoms with E-state index in [1.807, 2.05) is 31.3 Å². The maximum atomic E-state index is 6.07. The van der Waals surface area contributed by atoms with E-state index in [0.29, 0.717) is 5.92 Å². The number of allylic oxidation sites excluding steroid dienone is 4. The van der Waals surface area contributed by atoms with Crippen molar-refractivity contribution < 1.29 is 0 Å². The molecule has 2 aromatic rings. The Morgan fingerprint density at radius 2 is 1.74 bits per heavy atom. The Morgan fingerprint density at radius 1 is 1.07 bits per heavy atom. The highest BCUT2D eigenvalue weighted by molar-refractivity contribution is 6.30. The first kappa shape index (κ1) is 21.2. The molecule has 0 saturated heterocycles. The fourth-order valence-corrected chi connectivity index (χ4v) is 3.43. The molecule has 0 heterocycles. The SMILES string of the molecule is C/C=C\C(=C/CC)c1ccc(/C(=N\C)c2ccc(Cl)cc2)c(CC(C)C)c1. The van der Waals surface area contributed by atoms with Crippen molar-refractivity contribution in [1.82, 2.24) is 0 Å². The van der Waals surface area contributed by atoms with Gasteiger partial charge < -0.3 is 0 Å². The third kappa shape index (κ3) is 5.68. The van der Waals surface area contributed by atoms with Gasteiger partial charge in [-0.15, -0.1) is 0 Å². The molecule has 0 N–H and O–H groups in total. The summed E-state index contributed by atoms with van der Waals surface area (Å²) < 4.78 is 0. The molecule has 0 aliphatic rings. The number of hydrogen-bond acceptors (Lipinski definition) is 1. The lowest BCUT2D eigenvalue weighted by Gasteiger charge is -2.16. The van der Waals surface area contributed by atoms with Crippen LogP contribution in [0.4, 0.5) is 0 Å². The van der Waals surface area contributed by atoms with E-state index in [1.165, 1.54) is 22.3 Å². The van der Waals surface area contributed by atoms with Gasteiger partial charge in [-0.2, -0.15) is 0 Å². The van der Waals surface area contributed by atoms with Crippen molar-refractivity contribution in [2.45, 2.75) is 40.5 Å². The van der Waals surface area contributed by atoms with E-state index in [2.05, 4.69) is 69.1 Å². The van der Waals surface area contributed by atoms with Crippen molar-refractivity contribution in [2.75, 3.05) is 7.05 Å². The summed E-state index contributed by atoms with van der Waals surface area (Å²) in [6.45, 7) is 8.76. The van der Waals surface area contributed by atoms with Gasteiger partial charge >= 0.3 is 0 Å². The van der Waals surface area contributed by atoms with Crippen LogP contribution in [-0.2, 0) is 6.42 Å². The Labute approximate surface area is 169 Å². The van der Waals surface area contributed by atoms with Crippen molar-refractivity contribution >= 4 is 22.9 Å². The highest BCUT2D eigenvalue weighted by Gasteiger charge is 2.14. The molecule has 2 aromatic carbocycles. The second-order valence-corrected chi connectivity index (χ2v) is 7.55. The number of benzene rings is 2. The Balaban J connectivity index is 2.58. The van der Waals surface area contributed by atoms with Gasteiger partial charge in [0.15, 0.2) is 0 Å². The first-order chi connectivity index (χ1) is 13.0. The fourth-order valence-electron chi connectivity index (χ4n) is 3.31. The largest absolute Gasteiger partial charge is 0.287 e. The first-order valence-corrected chi connectivity index (χ1v) is 10.1. The predicted octanol–water partition coefficient (Wildman–Crippen LogP) is 7.38. The van der Waals surface area contributed by atoms with E-state index in [-0.39, 0.29) is 0 Å². The standard InChI is InChI=1S/C25H30ClN/c1-6-8-19(9-7-2)21-12-15-24(22(17-21)16-18(3)4)25(27-5)20-10-13-23(26)14-11-20/h6,8-15,17-18H,7,16H2,1-5H3/b8-6-,19-9+,27-25-. The van der Waals surface area contributed by atoms with Crippen LogP contribution >= 0.6 is 11.6 Å². The number of nitrogens with zero attached hydrogens (tertiary/aromatic N) is 1. The average molecular weight is 380 g/mol. The van der Waals surface area contributed by atoms with Crippen LogP contribution in [0.5, 0.6) is 0 Å². The lowest BCUT2D eigenvalue weighted by Crippen LogP contribution is -2.09. The van der Waals surface area contributed by atoms with Crippen molar-refractivity contribution in [1.29, 1.82) is 0 Å². The van der Waals surface area contributed by atoms with Crippen LogP contribution in [0, 0.1) is 5.92 Å². The molecule has 0 unspecified atom stereocenters. The fraction of sp³-hybridized carbons (Fsp3) is 0.320. The zero-order valence-electron chi connectivity index (χ0n) is 17.1. The molecule has 0 aromatic heterocycles. The van der Waals surface area contributed by atoms with Crippen molar-refractivity contribution in [3.63, 3.8) is 0 Å². The van der Waals surface area contributed by atoms with Gasteiger partial charge in [0.2, 0.25) is 0 Å². The van der Waals surface area contributed by atoms with Gasteiger partial charge in [-0.1, -0.05) is 80.9 Å². The maximum absolute atomic E-state index is 6.07. The Morgan fingerprint density at radius 3 is 2.30 bits per heavy atom. The molecule has 0 saturated carbocycles. The van der Waals surface area contributed by atoms with Crippen LogP contribution in [-0.4, -0.2) is 12.8 Å². The minimum atomic E-state index is 0.572. The summed E-state index contributed by atoms with van der Waals surface area (Å²) in [5.74, 6) is 0.572. The van der Waals surface area contributed by atoms with E-state index in [0.717, 1.165) is 29.1 Å². The van der Waals surface area contributed by atoms with Gasteiger partial charge in [-0.05, 0) is 54.5 Å². The predicted molar refractivity (Wildman–Crippen MR) is 121 cm³/mol. The van der Waals surface area contributed by atoms with Gasteiger partial charge in [0, 0.05) is 23.2 Å². The molecule has 1 nitrogen and oxygen atoms in total. The minimum absolute atomic E-state index is 0.572. The Hall–Kier alpha value is -2.12. The lowest BCUT2D eigenvalue weighted by atomic mass is 9.89. The molecule has 0 aliphatic heterocycles. The van der Waals surface area contributed by atoms with E-state index in [9.17, 15) is 0 Å². The summed E-state index contributed by atoms with van der Waals surface area (Å²) in [6.07, 6.45) is 8.61. The molecule has 0 aliphatic carbocycles. The average Bonchev–Trinajstić information content (AvgIpc) is 2.64. The monoisotopic (exact) mass is 379 g/mol. The zero-order valence-corrected chi connectivity index (χ0v) is 17.8. The van der Waals surface area contributed by atoms with Crippen LogP contribution in [0.15, 0.2) is 65.7 Å². The number of halogens is 1. The molecule has 0 amide bonds. The molecule has 0 atom stereocenters. The second-order valence-electron chi connectivity index (χ2n) is 7.12. The van der Waals surface area contributed by atoms with Gasteiger partial charge in [-0.25, -0.2) is 0 Å². The number of rotatable bonds is 7. The molecule has 142 valence electrons. The third-order valence-electron chi connectivity index (χ3n) is 4.43. The Kier molecular flexibility index (Phi) is 8.06. The van der Waals surface area contributed by atoms with Crippen LogP contribution in [0.2, 0.25) is 5.02 Å². The third-order valence-corrected chi connectivity index (χ3v) is 4.69. The molecule has 0 radical (unpaired) electrons. The quantitative estimate of drug-likeness (QED) is 0.351. The first-order valence-electron chi connectivity index (χ1n) is 9.69. The molecule has 0 fully saturated rings. The van der Waals surface area contributed by atoms with E-state index < -0.39 is 0 Å². The molecule has 2 rings (SSSR count). The molecule has 27 heavy (non-hydrogen) atoms. The van der Waals surface area contributed by atoms with E-state index in [1.54, 1.807) is 0 Å². The summed E-state index contributed by atoms with van der Waals surface area (Å²) in [5.41, 5.74) is 7.19. The zero-order chi connectivity index (χ0) is 19.8. The van der Waals surface area contributed by atoms with Crippen LogP contribution < -0.4 is 0 Å². The van der Waals surface area contributed by atoms with Crippen LogP contribution in [0.3, 0.4) is 0 Å². The second kappa shape index (κ2) is 10.3. The van der Waals surface area contributed by atoms with Gasteiger partial charge in [0.25, 0.3) is 0 Å². The normalized spacial score (nSPS) is 13.0. The maximum Gasteiger partial charge on any atom is 0.0718 e. The summed E-state index contributed by atoms with van der Waals surface area (Å²) >= 11 is 6.07. The summed E-state index contributed by atoms with van der Waals surface area (Å²) in [5, 5.41) is 0.743. The highest BCUT2D eigenvalue weighted by Crippen LogP contribution is 2.25. The van der Waals surface area contributed by atoms with Gasteiger partial charge in [-0.3, -0.25) is 4.99 Å². The molecular formula is C25H30ClN. The smallest absolute Gasteiger partial charge is 0.0718 e. The van der Waals surface area contributed by atoms with Crippen LogP contribution in [0.1, 0.15) is 56.4 Å². The number of aliphatic imine (C=N–C) groups is 1. The van der Waals surface area contributed by atoms with Crippen molar-refractivity contribution in [2.24, 2.45) is 10.9 Å². The van der Waals surface area contributed by atoms with Crippen LogP contribution in [0.25, 0.3) is 5.57 Å². The number of hydrogen-bond donors (Lipinski definition) is 0. The van der Waals surface area contributed by atoms with Crippen molar-refractivity contribution in [3.05, 3.63) is 88.0 Å². The minimum Gasteiger partial charge on any atom is -0.287 e. The summed E-state index contributed by atoms with van der Waals surface area (Å²) in [7, 11) is 1.86. The van der Waals surface area contributed by atoms with Gasteiger partial charge in [0.1, 0.15) is 0 Å². The highest BCUT2D eigenvalue weighted by atomic mass is 35.5.